The highest BCUT2D eigenvalue weighted by atomic mass is 127. The molecule has 0 aliphatic carbocycles. The summed E-state index contributed by atoms with van der Waals surface area (Å²) < 4.78 is 2.16. The zero-order chi connectivity index (χ0) is 9.42. The Labute approximate surface area is 103 Å². The van der Waals surface area contributed by atoms with Crippen LogP contribution in [-0.2, 0) is 0 Å². The molecule has 2 rings (SSSR count). The van der Waals surface area contributed by atoms with Crippen LogP contribution in [-0.4, -0.2) is 4.98 Å². The van der Waals surface area contributed by atoms with Gasteiger partial charge in [-0.05, 0) is 46.9 Å². The number of rotatable bonds is 0. The molecular weight excluding hydrogens is 364 g/mol. The van der Waals surface area contributed by atoms with E-state index >= 15 is 0 Å². The molecule has 66 valence electrons. The number of hydrogen-bond acceptors (Lipinski definition) is 1. The summed E-state index contributed by atoms with van der Waals surface area (Å²) in [5.41, 5.74) is 0.955. The second kappa shape index (κ2) is 3.71. The van der Waals surface area contributed by atoms with Gasteiger partial charge >= 0.3 is 0 Å². The Morgan fingerprint density at radius 1 is 1.31 bits per heavy atom. The molecule has 1 aromatic heterocycles. The predicted molar refractivity (Wildman–Crippen MR) is 67.2 cm³/mol. The molecule has 1 nitrogen and oxygen atoms in total. The number of halogens is 3. The maximum atomic E-state index is 5.80. The van der Waals surface area contributed by atoms with Crippen LogP contribution in [0.3, 0.4) is 0 Å². The molecule has 13 heavy (non-hydrogen) atoms. The van der Waals surface area contributed by atoms with Gasteiger partial charge < -0.3 is 0 Å². The zero-order valence-corrected chi connectivity index (χ0v) is 10.9. The van der Waals surface area contributed by atoms with Crippen molar-refractivity contribution < 1.29 is 0 Å². The van der Waals surface area contributed by atoms with Crippen LogP contribution in [0.4, 0.5) is 0 Å². The van der Waals surface area contributed by atoms with E-state index in [9.17, 15) is 0 Å². The van der Waals surface area contributed by atoms with Gasteiger partial charge in [-0.3, -0.25) is 0 Å². The Morgan fingerprint density at radius 2 is 2.08 bits per heavy atom. The maximum absolute atomic E-state index is 5.80. The van der Waals surface area contributed by atoms with Crippen LogP contribution in [0.1, 0.15) is 0 Å². The Kier molecular flexibility index (Phi) is 2.76. The fraction of sp³-hybridized carbons (Fsp3) is 0. The minimum Gasteiger partial charge on any atom is -0.235 e. The fourth-order valence-corrected chi connectivity index (χ4v) is 2.95. The van der Waals surface area contributed by atoms with Gasteiger partial charge in [0.15, 0.2) is 0 Å². The average Bonchev–Trinajstić information content (AvgIpc) is 2.06. The second-order valence-electron chi connectivity index (χ2n) is 2.59. The molecule has 0 aliphatic rings. The average molecular weight is 368 g/mol. The minimum atomic E-state index is 0.535. The number of fused-ring (bicyclic) bond motifs is 1. The first-order valence-corrected chi connectivity index (χ1v) is 5.83. The van der Waals surface area contributed by atoms with Crippen LogP contribution >= 0.6 is 50.1 Å². The van der Waals surface area contributed by atoms with Gasteiger partial charge in [0, 0.05) is 13.4 Å². The van der Waals surface area contributed by atoms with Crippen molar-refractivity contribution in [2.45, 2.75) is 0 Å². The highest BCUT2D eigenvalue weighted by Crippen LogP contribution is 2.25. The highest BCUT2D eigenvalue weighted by Gasteiger charge is 2.02. The van der Waals surface area contributed by atoms with Crippen molar-refractivity contribution in [2.24, 2.45) is 0 Å². The van der Waals surface area contributed by atoms with E-state index < -0.39 is 0 Å². The molecule has 0 fully saturated rings. The summed E-state index contributed by atoms with van der Waals surface area (Å²) in [4.78, 5) is 4.25. The van der Waals surface area contributed by atoms with Crippen molar-refractivity contribution in [1.29, 1.82) is 0 Å². The molecule has 4 heteroatoms. The van der Waals surface area contributed by atoms with E-state index in [-0.39, 0.29) is 0 Å². The number of hydrogen-bond donors (Lipinski definition) is 0. The molecule has 0 saturated carbocycles. The molecule has 1 aromatic carbocycles. The fourth-order valence-electron chi connectivity index (χ4n) is 1.13. The topological polar surface area (TPSA) is 12.9 Å². The van der Waals surface area contributed by atoms with Gasteiger partial charge in [0.2, 0.25) is 0 Å². The van der Waals surface area contributed by atoms with Gasteiger partial charge in [0.1, 0.15) is 5.15 Å². The Hall–Kier alpha value is 0.130. The first-order chi connectivity index (χ1) is 6.16. The van der Waals surface area contributed by atoms with E-state index in [0.29, 0.717) is 5.15 Å². The molecule has 0 saturated heterocycles. The summed E-state index contributed by atoms with van der Waals surface area (Å²) >= 11 is 11.5. The SMILES string of the molecule is Clc1ccc2cc(Br)cc(I)c2n1. The number of pyridine rings is 1. The summed E-state index contributed by atoms with van der Waals surface area (Å²) in [6, 6.07) is 7.82. The quantitative estimate of drug-likeness (QED) is 0.500. The van der Waals surface area contributed by atoms with Crippen LogP contribution in [0, 0.1) is 3.57 Å². The Morgan fingerprint density at radius 3 is 2.85 bits per heavy atom. The zero-order valence-electron chi connectivity index (χ0n) is 6.39. The van der Waals surface area contributed by atoms with Gasteiger partial charge in [0.25, 0.3) is 0 Å². The van der Waals surface area contributed by atoms with Crippen molar-refractivity contribution in [3.8, 4) is 0 Å². The van der Waals surface area contributed by atoms with Crippen LogP contribution in [0.2, 0.25) is 5.15 Å². The third-order valence-electron chi connectivity index (χ3n) is 1.68. The van der Waals surface area contributed by atoms with Crippen molar-refractivity contribution in [3.05, 3.63) is 37.5 Å². The van der Waals surface area contributed by atoms with Crippen LogP contribution in [0.25, 0.3) is 10.9 Å². The third kappa shape index (κ3) is 1.97. The van der Waals surface area contributed by atoms with Crippen molar-refractivity contribution in [2.75, 3.05) is 0 Å². The maximum Gasteiger partial charge on any atom is 0.129 e. The van der Waals surface area contributed by atoms with Gasteiger partial charge in [-0.15, -0.1) is 0 Å². The number of benzene rings is 1. The summed E-state index contributed by atoms with van der Waals surface area (Å²) in [5.74, 6) is 0. The second-order valence-corrected chi connectivity index (χ2v) is 5.06. The van der Waals surface area contributed by atoms with E-state index in [4.69, 9.17) is 11.6 Å². The molecule has 0 spiro atoms. The predicted octanol–water partition coefficient (Wildman–Crippen LogP) is 4.26. The van der Waals surface area contributed by atoms with E-state index in [0.717, 1.165) is 18.9 Å². The molecule has 0 N–H and O–H groups in total. The molecule has 0 atom stereocenters. The Balaban J connectivity index is 2.87. The largest absolute Gasteiger partial charge is 0.235 e. The standard InChI is InChI=1S/C9H4BrClIN/c10-6-3-5-1-2-8(11)13-9(5)7(12)4-6/h1-4H. The first-order valence-electron chi connectivity index (χ1n) is 3.58. The lowest BCUT2D eigenvalue weighted by Gasteiger charge is -2.01. The molecule has 1 heterocycles. The number of nitrogens with zero attached hydrogens (tertiary/aromatic N) is 1. The van der Waals surface area contributed by atoms with Gasteiger partial charge in [-0.1, -0.05) is 27.5 Å². The molecule has 0 unspecified atom stereocenters. The molecule has 2 aromatic rings. The summed E-state index contributed by atoms with van der Waals surface area (Å²) in [6.07, 6.45) is 0. The van der Waals surface area contributed by atoms with Gasteiger partial charge in [-0.2, -0.15) is 0 Å². The van der Waals surface area contributed by atoms with Crippen LogP contribution < -0.4 is 0 Å². The lowest BCUT2D eigenvalue weighted by molar-refractivity contribution is 1.39. The van der Waals surface area contributed by atoms with Crippen molar-refractivity contribution in [3.63, 3.8) is 0 Å². The molecular formula is C9H4BrClIN. The molecule has 0 bridgehead atoms. The van der Waals surface area contributed by atoms with E-state index in [1.54, 1.807) is 6.07 Å². The Bertz CT molecular complexity index is 472. The third-order valence-corrected chi connectivity index (χ3v) is 3.17. The van der Waals surface area contributed by atoms with E-state index in [2.05, 4.69) is 43.5 Å². The smallest absolute Gasteiger partial charge is 0.129 e. The van der Waals surface area contributed by atoms with Crippen molar-refractivity contribution in [1.82, 2.24) is 4.98 Å². The van der Waals surface area contributed by atoms with Crippen LogP contribution in [0.5, 0.6) is 0 Å². The molecule has 0 amide bonds. The monoisotopic (exact) mass is 367 g/mol. The highest BCUT2D eigenvalue weighted by molar-refractivity contribution is 14.1. The first kappa shape index (κ1) is 9.68. The van der Waals surface area contributed by atoms with E-state index in [1.807, 2.05) is 18.2 Å². The summed E-state index contributed by atoms with van der Waals surface area (Å²) in [7, 11) is 0. The lowest BCUT2D eigenvalue weighted by atomic mass is 10.2. The molecule has 0 aliphatic heterocycles. The summed E-state index contributed by atoms with van der Waals surface area (Å²) in [5, 5.41) is 1.64. The van der Waals surface area contributed by atoms with Crippen LogP contribution in [0.15, 0.2) is 28.7 Å². The van der Waals surface area contributed by atoms with Crippen molar-refractivity contribution >= 4 is 61.0 Å². The lowest BCUT2D eigenvalue weighted by Crippen LogP contribution is -1.83. The summed E-state index contributed by atoms with van der Waals surface area (Å²) in [6.45, 7) is 0. The van der Waals surface area contributed by atoms with Gasteiger partial charge in [-0.25, -0.2) is 4.98 Å². The molecule has 0 radical (unpaired) electrons. The van der Waals surface area contributed by atoms with E-state index in [1.165, 1.54) is 0 Å². The van der Waals surface area contributed by atoms with Gasteiger partial charge in [0.05, 0.1) is 5.52 Å². The normalized spacial score (nSPS) is 10.7. The minimum absolute atomic E-state index is 0.535. The number of aromatic nitrogens is 1.